The zero-order valence-electron chi connectivity index (χ0n) is 14.9. The number of hydrogen-bond donors (Lipinski definition) is 0. The van der Waals surface area contributed by atoms with E-state index in [9.17, 15) is 9.59 Å². The van der Waals surface area contributed by atoms with Gasteiger partial charge in [0.25, 0.3) is 0 Å². The Morgan fingerprint density at radius 2 is 1.46 bits per heavy atom. The minimum absolute atomic E-state index is 0.0540. The van der Waals surface area contributed by atoms with Crippen molar-refractivity contribution in [3.63, 3.8) is 0 Å². The molecule has 0 spiro atoms. The summed E-state index contributed by atoms with van der Waals surface area (Å²) in [5.74, 6) is -0.00111. The number of carbonyl (C=O) groups is 2. The van der Waals surface area contributed by atoms with E-state index in [1.807, 2.05) is 37.3 Å². The topological polar surface area (TPSA) is 43.4 Å². The average Bonchev–Trinajstić information content (AvgIpc) is 2.69. The van der Waals surface area contributed by atoms with E-state index in [0.29, 0.717) is 22.4 Å². The molecule has 3 heteroatoms. The Bertz CT molecular complexity index is 925. The van der Waals surface area contributed by atoms with Crippen LogP contribution in [-0.2, 0) is 6.42 Å². The molecule has 130 valence electrons. The zero-order chi connectivity index (χ0) is 18.5. The second-order valence-electron chi connectivity index (χ2n) is 6.12. The first-order valence-corrected chi connectivity index (χ1v) is 8.60. The van der Waals surface area contributed by atoms with E-state index in [4.69, 9.17) is 4.74 Å². The first-order valence-electron chi connectivity index (χ1n) is 8.60. The first kappa shape index (κ1) is 17.6. The maximum absolute atomic E-state index is 12.5. The highest BCUT2D eigenvalue weighted by atomic mass is 16.5. The van der Waals surface area contributed by atoms with Gasteiger partial charge in [-0.1, -0.05) is 49.4 Å². The van der Waals surface area contributed by atoms with Crippen LogP contribution >= 0.6 is 0 Å². The molecule has 3 aromatic rings. The third-order valence-electron chi connectivity index (χ3n) is 4.27. The predicted octanol–water partition coefficient (Wildman–Crippen LogP) is 5.01. The molecule has 0 N–H and O–H groups in total. The fourth-order valence-electron chi connectivity index (χ4n) is 2.70. The van der Waals surface area contributed by atoms with Crippen LogP contribution in [0.15, 0.2) is 72.8 Å². The number of benzene rings is 3. The summed E-state index contributed by atoms with van der Waals surface area (Å²) in [4.78, 5) is 24.8. The van der Waals surface area contributed by atoms with Crippen molar-refractivity contribution < 1.29 is 14.3 Å². The van der Waals surface area contributed by atoms with E-state index >= 15 is 0 Å². The van der Waals surface area contributed by atoms with Crippen LogP contribution in [0.25, 0.3) is 0 Å². The molecule has 0 fully saturated rings. The Morgan fingerprint density at radius 3 is 2.08 bits per heavy atom. The van der Waals surface area contributed by atoms with Crippen LogP contribution in [0, 0.1) is 6.92 Å². The Balaban J connectivity index is 1.77. The predicted molar refractivity (Wildman–Crippen MR) is 102 cm³/mol. The van der Waals surface area contributed by atoms with Crippen molar-refractivity contribution in [3.8, 4) is 5.75 Å². The smallest absolute Gasteiger partial charge is 0.343 e. The minimum atomic E-state index is -0.405. The summed E-state index contributed by atoms with van der Waals surface area (Å²) < 4.78 is 5.49. The lowest BCUT2D eigenvalue weighted by atomic mass is 10.0. The van der Waals surface area contributed by atoms with Crippen molar-refractivity contribution >= 4 is 11.8 Å². The van der Waals surface area contributed by atoms with Gasteiger partial charge in [-0.15, -0.1) is 0 Å². The Labute approximate surface area is 153 Å². The largest absolute Gasteiger partial charge is 0.423 e. The molecule has 0 amide bonds. The van der Waals surface area contributed by atoms with Gasteiger partial charge in [-0.05, 0) is 54.8 Å². The molecule has 0 saturated carbocycles. The number of aryl methyl sites for hydroxylation is 2. The molecule has 0 saturated heterocycles. The Hall–Kier alpha value is -3.20. The summed E-state index contributed by atoms with van der Waals surface area (Å²) in [5.41, 5.74) is 3.62. The molecule has 26 heavy (non-hydrogen) atoms. The minimum Gasteiger partial charge on any atom is -0.423 e. The summed E-state index contributed by atoms with van der Waals surface area (Å²) in [6.07, 6.45) is 0.922. The molecule has 3 rings (SSSR count). The van der Waals surface area contributed by atoms with Crippen molar-refractivity contribution in [1.29, 1.82) is 0 Å². The number of carbonyl (C=O) groups excluding carboxylic acids is 2. The van der Waals surface area contributed by atoms with Gasteiger partial charge < -0.3 is 4.74 Å². The second kappa shape index (κ2) is 7.79. The maximum Gasteiger partial charge on any atom is 0.343 e. The van der Waals surface area contributed by atoms with Crippen molar-refractivity contribution in [2.45, 2.75) is 20.3 Å². The van der Waals surface area contributed by atoms with Crippen molar-refractivity contribution in [2.24, 2.45) is 0 Å². The number of ether oxygens (including phenoxy) is 1. The number of ketones is 1. The monoisotopic (exact) mass is 344 g/mol. The third kappa shape index (κ3) is 3.89. The molecule has 0 radical (unpaired) electrons. The van der Waals surface area contributed by atoms with Gasteiger partial charge in [0.15, 0.2) is 5.78 Å². The highest BCUT2D eigenvalue weighted by Crippen LogP contribution is 2.22. The van der Waals surface area contributed by atoms with Crippen molar-refractivity contribution in [3.05, 3.63) is 101 Å². The average molecular weight is 344 g/mol. The highest BCUT2D eigenvalue weighted by molar-refractivity contribution is 6.09. The van der Waals surface area contributed by atoms with Gasteiger partial charge in [0.05, 0.1) is 5.56 Å². The fraction of sp³-hybridized carbons (Fsp3) is 0.130. The first-order chi connectivity index (χ1) is 12.6. The van der Waals surface area contributed by atoms with E-state index in [1.54, 1.807) is 42.5 Å². The van der Waals surface area contributed by atoms with Crippen LogP contribution in [-0.4, -0.2) is 11.8 Å². The van der Waals surface area contributed by atoms with Crippen molar-refractivity contribution in [1.82, 2.24) is 0 Å². The van der Waals surface area contributed by atoms with E-state index < -0.39 is 5.97 Å². The molecule has 3 aromatic carbocycles. The lowest BCUT2D eigenvalue weighted by Gasteiger charge is -2.09. The van der Waals surface area contributed by atoms with E-state index in [0.717, 1.165) is 12.0 Å². The second-order valence-corrected chi connectivity index (χ2v) is 6.12. The van der Waals surface area contributed by atoms with Gasteiger partial charge in [0.2, 0.25) is 0 Å². The van der Waals surface area contributed by atoms with Crippen LogP contribution in [0.3, 0.4) is 0 Å². The number of rotatable bonds is 5. The van der Waals surface area contributed by atoms with E-state index in [1.165, 1.54) is 5.56 Å². The molecular weight excluding hydrogens is 324 g/mol. The summed E-state index contributed by atoms with van der Waals surface area (Å²) in [7, 11) is 0. The highest BCUT2D eigenvalue weighted by Gasteiger charge is 2.13. The lowest BCUT2D eigenvalue weighted by Crippen LogP contribution is -2.10. The van der Waals surface area contributed by atoms with E-state index in [2.05, 4.69) is 6.92 Å². The standard InChI is InChI=1S/C23H20O3/c1-3-17-9-11-19(12-10-17)23(25)26-21-14-13-20(15-16(21)2)22(24)18-7-5-4-6-8-18/h4-15H,3H2,1-2H3. The van der Waals surface area contributed by atoms with Gasteiger partial charge >= 0.3 is 5.97 Å². The van der Waals surface area contributed by atoms with Gasteiger partial charge in [-0.3, -0.25) is 4.79 Å². The summed E-state index contributed by atoms with van der Waals surface area (Å²) in [6, 6.07) is 21.6. The third-order valence-corrected chi connectivity index (χ3v) is 4.27. The molecule has 0 aliphatic carbocycles. The molecule has 0 aliphatic heterocycles. The Kier molecular flexibility index (Phi) is 5.28. The van der Waals surface area contributed by atoms with Crippen LogP contribution in [0.4, 0.5) is 0 Å². The lowest BCUT2D eigenvalue weighted by molar-refractivity contribution is 0.0733. The van der Waals surface area contributed by atoms with Gasteiger partial charge in [0.1, 0.15) is 5.75 Å². The summed E-state index contributed by atoms with van der Waals surface area (Å²) in [5, 5.41) is 0. The van der Waals surface area contributed by atoms with Crippen LogP contribution < -0.4 is 4.74 Å². The SMILES string of the molecule is CCc1ccc(C(=O)Oc2ccc(C(=O)c3ccccc3)cc2C)cc1. The van der Waals surface area contributed by atoms with Crippen molar-refractivity contribution in [2.75, 3.05) is 0 Å². The summed E-state index contributed by atoms with van der Waals surface area (Å²) >= 11 is 0. The van der Waals surface area contributed by atoms with Gasteiger partial charge in [-0.2, -0.15) is 0 Å². The number of hydrogen-bond acceptors (Lipinski definition) is 3. The van der Waals surface area contributed by atoms with Crippen LogP contribution in [0.5, 0.6) is 5.75 Å². The zero-order valence-corrected chi connectivity index (χ0v) is 14.9. The molecular formula is C23H20O3. The maximum atomic E-state index is 12.5. The fourth-order valence-corrected chi connectivity index (χ4v) is 2.70. The molecule has 3 nitrogen and oxygen atoms in total. The quantitative estimate of drug-likeness (QED) is 0.371. The molecule has 0 unspecified atom stereocenters. The van der Waals surface area contributed by atoms with Crippen LogP contribution in [0.1, 0.15) is 44.3 Å². The summed E-state index contributed by atoms with van der Waals surface area (Å²) in [6.45, 7) is 3.89. The van der Waals surface area contributed by atoms with Gasteiger partial charge in [0, 0.05) is 11.1 Å². The number of esters is 1. The van der Waals surface area contributed by atoms with E-state index in [-0.39, 0.29) is 5.78 Å². The molecule has 0 aromatic heterocycles. The molecule has 0 atom stereocenters. The molecule has 0 heterocycles. The normalized spacial score (nSPS) is 10.4. The van der Waals surface area contributed by atoms with Gasteiger partial charge in [-0.25, -0.2) is 4.79 Å². The van der Waals surface area contributed by atoms with Crippen LogP contribution in [0.2, 0.25) is 0 Å². The molecule has 0 aliphatic rings. The molecule has 0 bridgehead atoms. The Morgan fingerprint density at radius 1 is 0.808 bits per heavy atom.